The largest absolute Gasteiger partial charge is 0.306 e. The molecule has 0 aliphatic rings. The molecule has 0 spiro atoms. The summed E-state index contributed by atoms with van der Waals surface area (Å²) in [5.74, 6) is -0.150. The molecule has 2 rings (SSSR count). The summed E-state index contributed by atoms with van der Waals surface area (Å²) in [6, 6.07) is 11.3. The Bertz CT molecular complexity index is 625. The van der Waals surface area contributed by atoms with Gasteiger partial charge < -0.3 is 5.32 Å². The normalized spacial score (nSPS) is 12.4. The molecule has 0 radical (unpaired) electrons. The number of hydrogen-bond donors (Lipinski definition) is 1. The summed E-state index contributed by atoms with van der Waals surface area (Å²) < 4.78 is 14.5. The summed E-state index contributed by atoms with van der Waals surface area (Å²) >= 11 is 6.23. The number of hydrogen-bond acceptors (Lipinski definition) is 1. The van der Waals surface area contributed by atoms with E-state index in [1.165, 1.54) is 0 Å². The maximum atomic E-state index is 14.5. The summed E-state index contributed by atoms with van der Waals surface area (Å²) in [5.41, 5.74) is 3.35. The van der Waals surface area contributed by atoms with E-state index in [0.717, 1.165) is 24.1 Å². The molecule has 0 amide bonds. The standard InChI is InChI=1S/C18H21ClFN/c1-4-10-21-18(14-9-8-12(2)16(19)11-14)15-7-5-6-13(3)17(15)20/h5-9,11,18,21H,4,10H2,1-3H3. The first kappa shape index (κ1) is 16.0. The molecule has 0 heterocycles. The summed E-state index contributed by atoms with van der Waals surface area (Å²) in [7, 11) is 0. The first-order valence-electron chi connectivity index (χ1n) is 7.29. The molecular formula is C18H21ClFN. The van der Waals surface area contributed by atoms with Gasteiger partial charge in [0.2, 0.25) is 0 Å². The lowest BCUT2D eigenvalue weighted by atomic mass is 9.95. The highest BCUT2D eigenvalue weighted by Gasteiger charge is 2.18. The van der Waals surface area contributed by atoms with Crippen molar-refractivity contribution in [1.82, 2.24) is 5.32 Å². The molecule has 0 aliphatic carbocycles. The van der Waals surface area contributed by atoms with Crippen LogP contribution in [0.1, 0.15) is 41.6 Å². The minimum Gasteiger partial charge on any atom is -0.306 e. The van der Waals surface area contributed by atoms with Gasteiger partial charge in [0.05, 0.1) is 6.04 Å². The third kappa shape index (κ3) is 3.63. The zero-order valence-corrected chi connectivity index (χ0v) is 13.5. The Kier molecular flexibility index (Phi) is 5.38. The molecule has 0 saturated heterocycles. The van der Waals surface area contributed by atoms with Gasteiger partial charge in [-0.05, 0) is 49.6 Å². The van der Waals surface area contributed by atoms with Crippen molar-refractivity contribution < 1.29 is 4.39 Å². The third-order valence-electron chi connectivity index (χ3n) is 3.66. The van der Waals surface area contributed by atoms with E-state index in [1.807, 2.05) is 37.3 Å². The maximum Gasteiger partial charge on any atom is 0.131 e. The average Bonchev–Trinajstić information content (AvgIpc) is 2.47. The minimum atomic E-state index is -0.178. The maximum absolute atomic E-state index is 14.5. The number of aryl methyl sites for hydroxylation is 2. The van der Waals surface area contributed by atoms with Crippen LogP contribution in [0.25, 0.3) is 0 Å². The van der Waals surface area contributed by atoms with Crippen molar-refractivity contribution in [3.63, 3.8) is 0 Å². The van der Waals surface area contributed by atoms with Crippen molar-refractivity contribution in [1.29, 1.82) is 0 Å². The van der Waals surface area contributed by atoms with Crippen molar-refractivity contribution in [2.75, 3.05) is 6.54 Å². The van der Waals surface area contributed by atoms with Crippen LogP contribution in [0.15, 0.2) is 36.4 Å². The predicted octanol–water partition coefficient (Wildman–Crippen LogP) is 5.18. The predicted molar refractivity (Wildman–Crippen MR) is 87.5 cm³/mol. The van der Waals surface area contributed by atoms with Gasteiger partial charge in [-0.1, -0.05) is 48.9 Å². The SMILES string of the molecule is CCCNC(c1ccc(C)c(Cl)c1)c1cccc(C)c1F. The Morgan fingerprint density at radius 1 is 1.14 bits per heavy atom. The summed E-state index contributed by atoms with van der Waals surface area (Å²) in [4.78, 5) is 0. The monoisotopic (exact) mass is 305 g/mol. The van der Waals surface area contributed by atoms with E-state index in [-0.39, 0.29) is 11.9 Å². The summed E-state index contributed by atoms with van der Waals surface area (Å²) in [6.07, 6.45) is 0.990. The van der Waals surface area contributed by atoms with Gasteiger partial charge in [-0.15, -0.1) is 0 Å². The van der Waals surface area contributed by atoms with Crippen molar-refractivity contribution >= 4 is 11.6 Å². The van der Waals surface area contributed by atoms with Gasteiger partial charge in [-0.25, -0.2) is 4.39 Å². The van der Waals surface area contributed by atoms with Crippen LogP contribution in [-0.4, -0.2) is 6.54 Å². The molecule has 0 saturated carbocycles. The van der Waals surface area contributed by atoms with E-state index >= 15 is 0 Å². The number of rotatable bonds is 5. The molecule has 1 N–H and O–H groups in total. The van der Waals surface area contributed by atoms with Gasteiger partial charge >= 0.3 is 0 Å². The molecule has 2 aromatic carbocycles. The molecule has 3 heteroatoms. The fraction of sp³-hybridized carbons (Fsp3) is 0.333. The highest BCUT2D eigenvalue weighted by molar-refractivity contribution is 6.31. The quantitative estimate of drug-likeness (QED) is 0.802. The molecule has 2 aromatic rings. The second-order valence-corrected chi connectivity index (χ2v) is 5.78. The van der Waals surface area contributed by atoms with Crippen molar-refractivity contribution in [2.24, 2.45) is 0 Å². The Morgan fingerprint density at radius 2 is 1.90 bits per heavy atom. The second kappa shape index (κ2) is 7.06. The lowest BCUT2D eigenvalue weighted by molar-refractivity contribution is 0.542. The Labute approximate surface area is 131 Å². The fourth-order valence-corrected chi connectivity index (χ4v) is 2.57. The van der Waals surface area contributed by atoms with Crippen molar-refractivity contribution in [3.05, 3.63) is 69.5 Å². The molecule has 112 valence electrons. The van der Waals surface area contributed by atoms with Crippen LogP contribution in [0.2, 0.25) is 5.02 Å². The molecule has 0 bridgehead atoms. The zero-order valence-electron chi connectivity index (χ0n) is 12.7. The van der Waals surface area contributed by atoms with Crippen molar-refractivity contribution in [3.8, 4) is 0 Å². The van der Waals surface area contributed by atoms with Crippen LogP contribution in [0, 0.1) is 19.7 Å². The van der Waals surface area contributed by atoms with Gasteiger partial charge in [0.1, 0.15) is 5.82 Å². The molecule has 0 aromatic heterocycles. The number of halogens is 2. The summed E-state index contributed by atoms with van der Waals surface area (Å²) in [5, 5.41) is 4.13. The fourth-order valence-electron chi connectivity index (χ4n) is 2.38. The van der Waals surface area contributed by atoms with E-state index in [2.05, 4.69) is 12.2 Å². The average molecular weight is 306 g/mol. The highest BCUT2D eigenvalue weighted by atomic mass is 35.5. The van der Waals surface area contributed by atoms with E-state index < -0.39 is 0 Å². The lowest BCUT2D eigenvalue weighted by Gasteiger charge is -2.21. The van der Waals surface area contributed by atoms with Crippen LogP contribution in [0.4, 0.5) is 4.39 Å². The van der Waals surface area contributed by atoms with Gasteiger partial charge in [0, 0.05) is 10.6 Å². The smallest absolute Gasteiger partial charge is 0.131 e. The van der Waals surface area contributed by atoms with Crippen LogP contribution in [0.5, 0.6) is 0 Å². The van der Waals surface area contributed by atoms with Crippen LogP contribution in [-0.2, 0) is 0 Å². The van der Waals surface area contributed by atoms with E-state index in [1.54, 1.807) is 13.0 Å². The first-order valence-corrected chi connectivity index (χ1v) is 7.66. The molecule has 0 aliphatic heterocycles. The van der Waals surface area contributed by atoms with Gasteiger partial charge in [0.15, 0.2) is 0 Å². The second-order valence-electron chi connectivity index (χ2n) is 5.37. The molecule has 1 atom stereocenters. The topological polar surface area (TPSA) is 12.0 Å². The molecule has 0 fully saturated rings. The molecular weight excluding hydrogens is 285 g/mol. The Balaban J connectivity index is 2.47. The first-order chi connectivity index (χ1) is 10.0. The van der Waals surface area contributed by atoms with Crippen LogP contribution in [0.3, 0.4) is 0 Å². The van der Waals surface area contributed by atoms with E-state index in [9.17, 15) is 4.39 Å². The van der Waals surface area contributed by atoms with Gasteiger partial charge in [-0.3, -0.25) is 0 Å². The van der Waals surface area contributed by atoms with Gasteiger partial charge in [-0.2, -0.15) is 0 Å². The molecule has 21 heavy (non-hydrogen) atoms. The molecule has 1 nitrogen and oxygen atoms in total. The Hall–Kier alpha value is -1.38. The van der Waals surface area contributed by atoms with Crippen LogP contribution >= 0.6 is 11.6 Å². The number of nitrogens with one attached hydrogen (secondary N) is 1. The van der Waals surface area contributed by atoms with E-state index in [4.69, 9.17) is 11.6 Å². The van der Waals surface area contributed by atoms with Gasteiger partial charge in [0.25, 0.3) is 0 Å². The third-order valence-corrected chi connectivity index (χ3v) is 4.07. The Morgan fingerprint density at radius 3 is 2.57 bits per heavy atom. The van der Waals surface area contributed by atoms with Crippen LogP contribution < -0.4 is 5.32 Å². The lowest BCUT2D eigenvalue weighted by Crippen LogP contribution is -2.24. The number of benzene rings is 2. The van der Waals surface area contributed by atoms with Crippen molar-refractivity contribution in [2.45, 2.75) is 33.2 Å². The zero-order chi connectivity index (χ0) is 15.4. The molecule has 1 unspecified atom stereocenters. The minimum absolute atomic E-state index is 0.150. The van der Waals surface area contributed by atoms with E-state index in [0.29, 0.717) is 16.1 Å². The highest BCUT2D eigenvalue weighted by Crippen LogP contribution is 2.29. The summed E-state index contributed by atoms with van der Waals surface area (Å²) in [6.45, 7) is 6.67.